The molecule has 0 spiro atoms. The van der Waals surface area contributed by atoms with Gasteiger partial charge in [0.1, 0.15) is 0 Å². The van der Waals surface area contributed by atoms with Crippen molar-refractivity contribution in [2.45, 2.75) is 13.0 Å². The number of hydrogen-bond acceptors (Lipinski definition) is 5. The average molecular weight is 293 g/mol. The Kier molecular flexibility index (Phi) is 5.41. The molecular weight excluding hydrogens is 270 g/mol. The van der Waals surface area contributed by atoms with Gasteiger partial charge in [0.15, 0.2) is 5.75 Å². The molecule has 6 heteroatoms. The third-order valence-electron chi connectivity index (χ3n) is 3.65. The summed E-state index contributed by atoms with van der Waals surface area (Å²) in [6.07, 6.45) is 0.0229. The number of likely N-dealkylation sites (N-methyl/N-ethyl adjacent to an activating group) is 1. The van der Waals surface area contributed by atoms with Gasteiger partial charge in [-0.25, -0.2) is 0 Å². The number of nitrogen functional groups attached to an aromatic ring is 1. The maximum Gasteiger partial charge on any atom is 0.255 e. The summed E-state index contributed by atoms with van der Waals surface area (Å²) in [7, 11) is 1.51. The molecule has 6 nitrogen and oxygen atoms in total. The Morgan fingerprint density at radius 3 is 3.10 bits per heavy atom. The maximum absolute atomic E-state index is 12.3. The zero-order valence-corrected chi connectivity index (χ0v) is 12.6. The molecule has 2 rings (SSSR count). The van der Waals surface area contributed by atoms with Crippen LogP contribution in [-0.4, -0.2) is 56.8 Å². The van der Waals surface area contributed by atoms with Crippen LogP contribution in [0.5, 0.6) is 5.75 Å². The number of para-hydroxylation sites is 1. The molecule has 1 aliphatic rings. The van der Waals surface area contributed by atoms with Crippen molar-refractivity contribution < 1.29 is 14.3 Å². The maximum atomic E-state index is 12.3. The van der Waals surface area contributed by atoms with E-state index >= 15 is 0 Å². The Morgan fingerprint density at radius 2 is 2.38 bits per heavy atom. The molecule has 1 aromatic carbocycles. The highest BCUT2D eigenvalue weighted by molar-refractivity contribution is 5.98. The van der Waals surface area contributed by atoms with Crippen LogP contribution in [0, 0.1) is 0 Å². The SMILES string of the molecule is CCN1CCOC(CNC(=O)c2cccc(N)c2OC)C1. The molecular formula is C15H23N3O3. The zero-order chi connectivity index (χ0) is 15.2. The van der Waals surface area contributed by atoms with Gasteiger partial charge in [0.25, 0.3) is 5.91 Å². The van der Waals surface area contributed by atoms with Crippen LogP contribution in [0.25, 0.3) is 0 Å². The predicted molar refractivity (Wildman–Crippen MR) is 81.6 cm³/mol. The van der Waals surface area contributed by atoms with Crippen LogP contribution < -0.4 is 15.8 Å². The van der Waals surface area contributed by atoms with E-state index in [4.69, 9.17) is 15.2 Å². The zero-order valence-electron chi connectivity index (χ0n) is 12.6. The largest absolute Gasteiger partial charge is 0.494 e. The molecule has 3 N–H and O–H groups in total. The third kappa shape index (κ3) is 3.86. The van der Waals surface area contributed by atoms with Gasteiger partial charge < -0.3 is 20.5 Å². The number of nitrogens with one attached hydrogen (secondary N) is 1. The molecule has 1 amide bonds. The molecule has 0 bridgehead atoms. The molecule has 1 aromatic rings. The summed E-state index contributed by atoms with van der Waals surface area (Å²) < 4.78 is 10.9. The quantitative estimate of drug-likeness (QED) is 0.783. The Morgan fingerprint density at radius 1 is 1.57 bits per heavy atom. The van der Waals surface area contributed by atoms with Gasteiger partial charge in [-0.1, -0.05) is 13.0 Å². The van der Waals surface area contributed by atoms with Gasteiger partial charge in [-0.05, 0) is 18.7 Å². The van der Waals surface area contributed by atoms with E-state index in [1.54, 1.807) is 18.2 Å². The molecule has 0 aliphatic carbocycles. The minimum atomic E-state index is -0.198. The van der Waals surface area contributed by atoms with Gasteiger partial charge in [-0.15, -0.1) is 0 Å². The summed E-state index contributed by atoms with van der Waals surface area (Å²) in [4.78, 5) is 14.6. The number of anilines is 1. The topological polar surface area (TPSA) is 76.8 Å². The molecule has 1 atom stereocenters. The van der Waals surface area contributed by atoms with Crippen molar-refractivity contribution in [3.05, 3.63) is 23.8 Å². The number of methoxy groups -OCH3 is 1. The molecule has 0 aromatic heterocycles. The number of ether oxygens (including phenoxy) is 2. The number of benzene rings is 1. The Hall–Kier alpha value is -1.79. The van der Waals surface area contributed by atoms with E-state index in [-0.39, 0.29) is 12.0 Å². The smallest absolute Gasteiger partial charge is 0.255 e. The lowest BCUT2D eigenvalue weighted by Gasteiger charge is -2.32. The number of carbonyl (C=O) groups is 1. The van der Waals surface area contributed by atoms with Gasteiger partial charge in [0.2, 0.25) is 0 Å². The first kappa shape index (κ1) is 15.6. The highest BCUT2D eigenvalue weighted by atomic mass is 16.5. The minimum absolute atomic E-state index is 0.0229. The lowest BCUT2D eigenvalue weighted by molar-refractivity contribution is -0.0246. The summed E-state index contributed by atoms with van der Waals surface area (Å²) in [5.41, 5.74) is 6.71. The van der Waals surface area contributed by atoms with Crippen molar-refractivity contribution >= 4 is 11.6 Å². The average Bonchev–Trinajstić information content (AvgIpc) is 2.52. The van der Waals surface area contributed by atoms with Crippen LogP contribution in [-0.2, 0) is 4.74 Å². The second-order valence-electron chi connectivity index (χ2n) is 5.02. The summed E-state index contributed by atoms with van der Waals surface area (Å²) in [5.74, 6) is 0.214. The van der Waals surface area contributed by atoms with Gasteiger partial charge in [-0.3, -0.25) is 9.69 Å². The fraction of sp³-hybridized carbons (Fsp3) is 0.533. The summed E-state index contributed by atoms with van der Waals surface area (Å²) in [6.45, 7) is 6.09. The fourth-order valence-corrected chi connectivity index (χ4v) is 2.45. The molecule has 116 valence electrons. The van der Waals surface area contributed by atoms with Gasteiger partial charge >= 0.3 is 0 Å². The van der Waals surface area contributed by atoms with Crippen LogP contribution in [0.4, 0.5) is 5.69 Å². The molecule has 0 radical (unpaired) electrons. The normalized spacial score (nSPS) is 19.2. The van der Waals surface area contributed by atoms with Crippen molar-refractivity contribution in [2.75, 3.05) is 45.6 Å². The van der Waals surface area contributed by atoms with E-state index in [1.807, 2.05) is 0 Å². The highest BCUT2D eigenvalue weighted by Crippen LogP contribution is 2.25. The molecule has 1 unspecified atom stereocenters. The molecule has 0 saturated carbocycles. The molecule has 21 heavy (non-hydrogen) atoms. The number of morpholine rings is 1. The number of carbonyl (C=O) groups excluding carboxylic acids is 1. The predicted octanol–water partition coefficient (Wildman–Crippen LogP) is 0.728. The van der Waals surface area contributed by atoms with Crippen LogP contribution in [0.1, 0.15) is 17.3 Å². The highest BCUT2D eigenvalue weighted by Gasteiger charge is 2.21. The van der Waals surface area contributed by atoms with Gasteiger partial charge in [0, 0.05) is 19.6 Å². The minimum Gasteiger partial charge on any atom is -0.494 e. The first-order chi connectivity index (χ1) is 10.2. The van der Waals surface area contributed by atoms with Crippen LogP contribution in [0.3, 0.4) is 0 Å². The lowest BCUT2D eigenvalue weighted by atomic mass is 10.1. The number of nitrogens with zero attached hydrogens (tertiary/aromatic N) is 1. The van der Waals surface area contributed by atoms with Crippen LogP contribution >= 0.6 is 0 Å². The lowest BCUT2D eigenvalue weighted by Crippen LogP contribution is -2.47. The van der Waals surface area contributed by atoms with Crippen molar-refractivity contribution in [1.82, 2.24) is 10.2 Å². The third-order valence-corrected chi connectivity index (χ3v) is 3.65. The van der Waals surface area contributed by atoms with Crippen LogP contribution in [0.2, 0.25) is 0 Å². The number of nitrogens with two attached hydrogens (primary N) is 1. The van der Waals surface area contributed by atoms with Gasteiger partial charge in [0.05, 0.1) is 31.1 Å². The molecule has 1 aliphatic heterocycles. The molecule has 1 heterocycles. The Bertz CT molecular complexity index is 493. The van der Waals surface area contributed by atoms with Crippen LogP contribution in [0.15, 0.2) is 18.2 Å². The van der Waals surface area contributed by atoms with Crippen molar-refractivity contribution in [1.29, 1.82) is 0 Å². The summed E-state index contributed by atoms with van der Waals surface area (Å²) in [6, 6.07) is 5.15. The van der Waals surface area contributed by atoms with Crippen molar-refractivity contribution in [2.24, 2.45) is 0 Å². The Balaban J connectivity index is 1.94. The van der Waals surface area contributed by atoms with E-state index in [0.717, 1.165) is 19.6 Å². The Labute approximate surface area is 125 Å². The van der Waals surface area contributed by atoms with E-state index < -0.39 is 0 Å². The number of amides is 1. The van der Waals surface area contributed by atoms with E-state index in [9.17, 15) is 4.79 Å². The van der Waals surface area contributed by atoms with Gasteiger partial charge in [-0.2, -0.15) is 0 Å². The number of rotatable bonds is 5. The van der Waals surface area contributed by atoms with E-state index in [0.29, 0.717) is 30.2 Å². The monoisotopic (exact) mass is 293 g/mol. The first-order valence-electron chi connectivity index (χ1n) is 7.20. The second-order valence-corrected chi connectivity index (χ2v) is 5.02. The molecule has 1 saturated heterocycles. The fourth-order valence-electron chi connectivity index (χ4n) is 2.45. The van der Waals surface area contributed by atoms with Crippen molar-refractivity contribution in [3.8, 4) is 5.75 Å². The number of hydrogen-bond donors (Lipinski definition) is 2. The summed E-state index contributed by atoms with van der Waals surface area (Å²) >= 11 is 0. The van der Waals surface area contributed by atoms with Crippen molar-refractivity contribution in [3.63, 3.8) is 0 Å². The first-order valence-corrected chi connectivity index (χ1v) is 7.20. The standard InChI is InChI=1S/C15H23N3O3/c1-3-18-7-8-21-11(10-18)9-17-15(19)12-5-4-6-13(16)14(12)20-2/h4-6,11H,3,7-10,16H2,1-2H3,(H,17,19). The second kappa shape index (κ2) is 7.28. The van der Waals surface area contributed by atoms with E-state index in [2.05, 4.69) is 17.1 Å². The van der Waals surface area contributed by atoms with E-state index in [1.165, 1.54) is 7.11 Å². The summed E-state index contributed by atoms with van der Waals surface area (Å²) in [5, 5.41) is 2.89. The molecule has 1 fully saturated rings.